The number of alkyl halides is 3. The summed E-state index contributed by atoms with van der Waals surface area (Å²) in [5.74, 6) is 0.900. The zero-order valence-electron chi connectivity index (χ0n) is 22.0. The maximum absolute atomic E-state index is 13.7. The molecule has 0 amide bonds. The van der Waals surface area contributed by atoms with Gasteiger partial charge in [0.25, 0.3) is 0 Å². The molecule has 2 unspecified atom stereocenters. The average molecular weight is 677 g/mol. The normalized spacial score (nSPS) is 21.0. The molecule has 0 bridgehead atoms. The van der Waals surface area contributed by atoms with Crippen LogP contribution in [0.5, 0.6) is 0 Å². The Morgan fingerprint density at radius 2 is 1.92 bits per heavy atom. The van der Waals surface area contributed by atoms with E-state index in [1.807, 2.05) is 6.07 Å². The van der Waals surface area contributed by atoms with E-state index in [2.05, 4.69) is 27.5 Å². The third-order valence-electron chi connectivity index (χ3n) is 7.97. The molecule has 12 heteroatoms. The van der Waals surface area contributed by atoms with E-state index in [4.69, 9.17) is 14.8 Å². The second-order valence-corrected chi connectivity index (χ2v) is 14.1. The lowest BCUT2D eigenvalue weighted by atomic mass is 9.85. The summed E-state index contributed by atoms with van der Waals surface area (Å²) >= 11 is 2.24. The third-order valence-corrected chi connectivity index (χ3v) is 10.4. The highest BCUT2D eigenvalue weighted by Crippen LogP contribution is 2.36. The number of morpholine rings is 1. The minimum atomic E-state index is -4.44. The molecule has 2 atom stereocenters. The first-order chi connectivity index (χ1) is 18.4. The topological polar surface area (TPSA) is 76.8 Å². The largest absolute Gasteiger partial charge is 0.416 e. The van der Waals surface area contributed by atoms with E-state index in [-0.39, 0.29) is 23.2 Å². The molecule has 0 radical (unpaired) electrons. The molecule has 1 saturated heterocycles. The van der Waals surface area contributed by atoms with Gasteiger partial charge in [0, 0.05) is 25.8 Å². The third kappa shape index (κ3) is 6.22. The van der Waals surface area contributed by atoms with Crippen LogP contribution in [-0.4, -0.2) is 60.8 Å². The summed E-state index contributed by atoms with van der Waals surface area (Å²) < 4.78 is 73.8. The summed E-state index contributed by atoms with van der Waals surface area (Å²) in [5, 5.41) is 4.56. The van der Waals surface area contributed by atoms with Crippen molar-refractivity contribution in [3.63, 3.8) is 0 Å². The van der Waals surface area contributed by atoms with Crippen molar-refractivity contribution in [2.24, 2.45) is 5.92 Å². The van der Waals surface area contributed by atoms with Gasteiger partial charge in [0.15, 0.2) is 11.5 Å². The predicted molar refractivity (Wildman–Crippen MR) is 152 cm³/mol. The van der Waals surface area contributed by atoms with Crippen LogP contribution in [0.15, 0.2) is 24.3 Å². The van der Waals surface area contributed by atoms with E-state index in [1.165, 1.54) is 19.2 Å². The second kappa shape index (κ2) is 11.2. The van der Waals surface area contributed by atoms with Crippen molar-refractivity contribution >= 4 is 43.9 Å². The van der Waals surface area contributed by atoms with Crippen molar-refractivity contribution < 1.29 is 26.3 Å². The van der Waals surface area contributed by atoms with Gasteiger partial charge in [-0.3, -0.25) is 0 Å². The van der Waals surface area contributed by atoms with Crippen LogP contribution in [0.4, 0.5) is 19.0 Å². The molecule has 39 heavy (non-hydrogen) atoms. The fourth-order valence-corrected chi connectivity index (χ4v) is 7.64. The van der Waals surface area contributed by atoms with Crippen molar-refractivity contribution in [2.45, 2.75) is 56.9 Å². The Kier molecular flexibility index (Phi) is 8.18. The maximum Gasteiger partial charge on any atom is 0.416 e. The van der Waals surface area contributed by atoms with Gasteiger partial charge in [-0.25, -0.2) is 17.9 Å². The van der Waals surface area contributed by atoms with Gasteiger partial charge < -0.3 is 9.64 Å². The molecule has 3 heterocycles. The maximum atomic E-state index is 13.7. The van der Waals surface area contributed by atoms with E-state index in [9.17, 15) is 21.6 Å². The lowest BCUT2D eigenvalue weighted by Gasteiger charge is -2.28. The van der Waals surface area contributed by atoms with Crippen LogP contribution in [0, 0.1) is 16.4 Å². The van der Waals surface area contributed by atoms with Gasteiger partial charge >= 0.3 is 6.18 Å². The van der Waals surface area contributed by atoms with Crippen molar-refractivity contribution in [2.75, 3.05) is 37.5 Å². The predicted octanol–water partition coefficient (Wildman–Crippen LogP) is 5.23. The number of hydrogen-bond acceptors (Lipinski definition) is 6. The zero-order valence-corrected chi connectivity index (χ0v) is 24.9. The van der Waals surface area contributed by atoms with Crippen LogP contribution in [0.3, 0.4) is 0 Å². The van der Waals surface area contributed by atoms with Gasteiger partial charge in [0.1, 0.15) is 9.84 Å². The van der Waals surface area contributed by atoms with Crippen LogP contribution in [-0.2, 0) is 33.6 Å². The van der Waals surface area contributed by atoms with Gasteiger partial charge in [0.05, 0.1) is 39.0 Å². The summed E-state index contributed by atoms with van der Waals surface area (Å²) in [6, 6.07) is 6.27. The highest BCUT2D eigenvalue weighted by molar-refractivity contribution is 14.1. The molecular weight excluding hydrogens is 644 g/mol. The minimum absolute atomic E-state index is 0.126. The molecular formula is C27H32F3IN4O3S. The van der Waals surface area contributed by atoms with Crippen LogP contribution in [0.1, 0.15) is 53.8 Å². The Hall–Kier alpha value is -1.93. The zero-order chi connectivity index (χ0) is 27.9. The number of nitrogens with zero attached hydrogens (tertiary/aromatic N) is 4. The molecule has 0 N–H and O–H groups in total. The molecule has 1 saturated carbocycles. The quantitative estimate of drug-likeness (QED) is 0.333. The Morgan fingerprint density at radius 1 is 1.18 bits per heavy atom. The summed E-state index contributed by atoms with van der Waals surface area (Å²) in [5.41, 5.74) is 2.31. The number of hydrogen-bond donors (Lipinski definition) is 0. The summed E-state index contributed by atoms with van der Waals surface area (Å²) in [6.07, 6.45) is 0.613. The van der Waals surface area contributed by atoms with Crippen LogP contribution in [0.25, 0.3) is 5.65 Å². The first-order valence-corrected chi connectivity index (χ1v) is 16.2. The van der Waals surface area contributed by atoms with Gasteiger partial charge in [-0.1, -0.05) is 18.6 Å². The van der Waals surface area contributed by atoms with Gasteiger partial charge in [-0.05, 0) is 84.4 Å². The smallest absolute Gasteiger partial charge is 0.378 e. The van der Waals surface area contributed by atoms with Crippen LogP contribution >= 0.6 is 22.6 Å². The molecule has 212 valence electrons. The highest BCUT2D eigenvalue weighted by Gasteiger charge is 2.34. The SMILES string of the molecule is Cc1c(Cc2c(CC3CCCC(S(C)(=O)=O)C3)nc3c(I)cc(N4CCOCC4)nn23)cccc1C(F)(F)F. The minimum Gasteiger partial charge on any atom is -0.378 e. The Labute approximate surface area is 240 Å². The monoisotopic (exact) mass is 676 g/mol. The van der Waals surface area contributed by atoms with E-state index < -0.39 is 21.6 Å². The summed E-state index contributed by atoms with van der Waals surface area (Å²) in [7, 11) is -3.14. The molecule has 2 fully saturated rings. The van der Waals surface area contributed by atoms with Crippen molar-refractivity contribution in [3.05, 3.63) is 55.9 Å². The molecule has 2 aromatic heterocycles. The Morgan fingerprint density at radius 3 is 2.62 bits per heavy atom. The number of ether oxygens (including phenoxy) is 1. The Balaban J connectivity index is 1.58. The lowest BCUT2D eigenvalue weighted by Crippen LogP contribution is -2.37. The first-order valence-electron chi connectivity index (χ1n) is 13.2. The van der Waals surface area contributed by atoms with Crippen molar-refractivity contribution in [1.82, 2.24) is 14.6 Å². The van der Waals surface area contributed by atoms with Gasteiger partial charge in [0.2, 0.25) is 0 Å². The van der Waals surface area contributed by atoms with Crippen LogP contribution < -0.4 is 4.90 Å². The van der Waals surface area contributed by atoms with Crippen molar-refractivity contribution in [3.8, 4) is 0 Å². The number of imidazole rings is 1. The highest BCUT2D eigenvalue weighted by atomic mass is 127. The number of fused-ring (bicyclic) bond motifs is 1. The van der Waals surface area contributed by atoms with E-state index >= 15 is 0 Å². The van der Waals surface area contributed by atoms with E-state index in [0.717, 1.165) is 39.7 Å². The molecule has 1 aromatic carbocycles. The fraction of sp³-hybridized carbons (Fsp3) is 0.556. The van der Waals surface area contributed by atoms with E-state index in [0.29, 0.717) is 56.8 Å². The molecule has 1 aliphatic heterocycles. The second-order valence-electron chi connectivity index (χ2n) is 10.6. The number of sulfone groups is 1. The molecule has 2 aliphatic rings. The Bertz CT molecular complexity index is 1470. The van der Waals surface area contributed by atoms with Gasteiger partial charge in [-0.15, -0.1) is 5.10 Å². The lowest BCUT2D eigenvalue weighted by molar-refractivity contribution is -0.138. The summed E-state index contributed by atoms with van der Waals surface area (Å²) in [6.45, 7) is 4.12. The summed E-state index contributed by atoms with van der Waals surface area (Å²) in [4.78, 5) is 7.10. The van der Waals surface area contributed by atoms with Gasteiger partial charge in [-0.2, -0.15) is 13.2 Å². The molecule has 7 nitrogen and oxygen atoms in total. The molecule has 3 aromatic rings. The number of halogens is 4. The average Bonchev–Trinajstić information content (AvgIpc) is 3.22. The van der Waals surface area contributed by atoms with Crippen LogP contribution in [0.2, 0.25) is 0 Å². The molecule has 1 aliphatic carbocycles. The number of anilines is 1. The van der Waals surface area contributed by atoms with Crippen molar-refractivity contribution in [1.29, 1.82) is 0 Å². The number of benzene rings is 1. The molecule has 0 spiro atoms. The molecule has 5 rings (SSSR count). The number of rotatable bonds is 6. The van der Waals surface area contributed by atoms with E-state index in [1.54, 1.807) is 10.6 Å². The fourth-order valence-electron chi connectivity index (χ4n) is 5.80. The first kappa shape index (κ1) is 28.6. The standard InChI is InChI=1S/C27H32F3IN4O3S/c1-17-19(6-4-8-21(17)27(28,29)30)15-24-23(14-18-5-3-7-20(13-18)39(2,36)37)32-26-22(31)16-25(33-35(24)26)34-9-11-38-12-10-34/h4,6,8,16,18,20H,3,5,7,9-15H2,1-2H3. The number of aromatic nitrogens is 3.